The van der Waals surface area contributed by atoms with Crippen molar-refractivity contribution in [3.05, 3.63) is 29.8 Å². The fraction of sp³-hybridized carbons (Fsp3) is 0.556. The Balaban J connectivity index is 0.00000288. The maximum Gasteiger partial charge on any atom is 0.241 e. The third-order valence-electron chi connectivity index (χ3n) is 4.05. The monoisotopic (exact) mass is 353 g/mol. The molecule has 0 bridgehead atoms. The maximum atomic E-state index is 12.1. The van der Waals surface area contributed by atoms with Gasteiger partial charge >= 0.3 is 0 Å². The second kappa shape index (κ2) is 9.64. The first-order chi connectivity index (χ1) is 11.0. The topological polar surface area (TPSA) is 75.4 Å². The van der Waals surface area contributed by atoms with E-state index in [0.29, 0.717) is 25.3 Å². The molecule has 5 nitrogen and oxygen atoms in total. The summed E-state index contributed by atoms with van der Waals surface area (Å²) in [6.07, 6.45) is 3.35. The highest BCUT2D eigenvalue weighted by Crippen LogP contribution is 2.17. The third-order valence-corrected chi connectivity index (χ3v) is 4.05. The van der Waals surface area contributed by atoms with E-state index in [4.69, 9.17) is 5.73 Å². The SMILES string of the molecule is CC(C)C[C@H](N)C(=O)Nc1cccc(CN2CCCCC2=O)c1.Cl. The van der Waals surface area contributed by atoms with Crippen LogP contribution in [0.25, 0.3) is 0 Å². The number of nitrogens with one attached hydrogen (secondary N) is 1. The molecule has 0 aliphatic carbocycles. The molecule has 24 heavy (non-hydrogen) atoms. The van der Waals surface area contributed by atoms with Gasteiger partial charge in [0.15, 0.2) is 0 Å². The lowest BCUT2D eigenvalue weighted by Crippen LogP contribution is -2.36. The first-order valence-corrected chi connectivity index (χ1v) is 8.39. The summed E-state index contributed by atoms with van der Waals surface area (Å²) in [5.41, 5.74) is 7.66. The van der Waals surface area contributed by atoms with Crippen molar-refractivity contribution in [3.63, 3.8) is 0 Å². The number of halogens is 1. The number of hydrogen-bond acceptors (Lipinski definition) is 3. The summed E-state index contributed by atoms with van der Waals surface area (Å²) in [4.78, 5) is 25.9. The Hall–Kier alpha value is -1.59. The molecule has 1 aromatic rings. The van der Waals surface area contributed by atoms with Crippen molar-refractivity contribution in [2.45, 2.75) is 52.1 Å². The van der Waals surface area contributed by atoms with E-state index in [1.165, 1.54) is 0 Å². The molecule has 0 saturated carbocycles. The minimum absolute atomic E-state index is 0. The van der Waals surface area contributed by atoms with Gasteiger partial charge in [-0.1, -0.05) is 26.0 Å². The molecule has 134 valence electrons. The van der Waals surface area contributed by atoms with E-state index >= 15 is 0 Å². The third kappa shape index (κ3) is 6.13. The van der Waals surface area contributed by atoms with Crippen LogP contribution in [-0.2, 0) is 16.1 Å². The summed E-state index contributed by atoms with van der Waals surface area (Å²) < 4.78 is 0. The second-order valence-corrected chi connectivity index (χ2v) is 6.70. The van der Waals surface area contributed by atoms with Gasteiger partial charge in [-0.25, -0.2) is 0 Å². The lowest BCUT2D eigenvalue weighted by atomic mass is 10.0. The van der Waals surface area contributed by atoms with E-state index in [-0.39, 0.29) is 24.2 Å². The van der Waals surface area contributed by atoms with Gasteiger partial charge in [0.25, 0.3) is 0 Å². The van der Waals surface area contributed by atoms with Crippen LogP contribution in [0.4, 0.5) is 5.69 Å². The molecular formula is C18H28ClN3O2. The number of piperidine rings is 1. The van der Waals surface area contributed by atoms with Crippen LogP contribution in [0.1, 0.15) is 45.1 Å². The normalized spacial score (nSPS) is 15.8. The summed E-state index contributed by atoms with van der Waals surface area (Å²) in [6, 6.07) is 7.14. The molecule has 1 aliphatic rings. The molecule has 0 spiro atoms. The van der Waals surface area contributed by atoms with Crippen molar-refractivity contribution >= 4 is 29.9 Å². The Labute approximate surface area is 150 Å². The molecule has 6 heteroatoms. The summed E-state index contributed by atoms with van der Waals surface area (Å²) in [5, 5.41) is 2.87. The molecule has 0 unspecified atom stereocenters. The van der Waals surface area contributed by atoms with Gasteiger partial charge in [-0.2, -0.15) is 0 Å². The van der Waals surface area contributed by atoms with Crippen LogP contribution in [0, 0.1) is 5.92 Å². The number of nitrogens with two attached hydrogens (primary N) is 1. The van der Waals surface area contributed by atoms with Crippen molar-refractivity contribution in [2.75, 3.05) is 11.9 Å². The quantitative estimate of drug-likeness (QED) is 0.825. The van der Waals surface area contributed by atoms with Gasteiger partial charge in [0, 0.05) is 25.2 Å². The van der Waals surface area contributed by atoms with Crippen LogP contribution in [0.2, 0.25) is 0 Å². The minimum Gasteiger partial charge on any atom is -0.338 e. The lowest BCUT2D eigenvalue weighted by Gasteiger charge is -2.27. The van der Waals surface area contributed by atoms with E-state index in [0.717, 1.165) is 30.6 Å². The summed E-state index contributed by atoms with van der Waals surface area (Å²) >= 11 is 0. The van der Waals surface area contributed by atoms with Crippen molar-refractivity contribution < 1.29 is 9.59 Å². The van der Waals surface area contributed by atoms with Crippen molar-refractivity contribution in [2.24, 2.45) is 11.7 Å². The molecule has 0 aromatic heterocycles. The Kier molecular flexibility index (Phi) is 8.22. The number of hydrogen-bond donors (Lipinski definition) is 2. The predicted octanol–water partition coefficient (Wildman–Crippen LogP) is 2.93. The molecule has 1 atom stereocenters. The highest BCUT2D eigenvalue weighted by atomic mass is 35.5. The van der Waals surface area contributed by atoms with Crippen LogP contribution in [0.15, 0.2) is 24.3 Å². The molecule has 1 aliphatic heterocycles. The lowest BCUT2D eigenvalue weighted by molar-refractivity contribution is -0.133. The first-order valence-electron chi connectivity index (χ1n) is 8.39. The van der Waals surface area contributed by atoms with Crippen LogP contribution < -0.4 is 11.1 Å². The highest BCUT2D eigenvalue weighted by Gasteiger charge is 2.18. The largest absolute Gasteiger partial charge is 0.338 e. The van der Waals surface area contributed by atoms with Gasteiger partial charge in [-0.3, -0.25) is 9.59 Å². The molecule has 3 N–H and O–H groups in total. The Morgan fingerprint density at radius 1 is 1.33 bits per heavy atom. The number of carbonyl (C=O) groups is 2. The molecule has 1 saturated heterocycles. The Morgan fingerprint density at radius 2 is 2.08 bits per heavy atom. The van der Waals surface area contributed by atoms with Crippen LogP contribution in [0.5, 0.6) is 0 Å². The van der Waals surface area contributed by atoms with E-state index in [1.807, 2.05) is 43.0 Å². The van der Waals surface area contributed by atoms with E-state index in [1.54, 1.807) is 0 Å². The van der Waals surface area contributed by atoms with Crippen molar-refractivity contribution in [3.8, 4) is 0 Å². The van der Waals surface area contributed by atoms with E-state index in [9.17, 15) is 9.59 Å². The van der Waals surface area contributed by atoms with Crippen LogP contribution in [-0.4, -0.2) is 29.3 Å². The summed E-state index contributed by atoms with van der Waals surface area (Å²) in [7, 11) is 0. The average molecular weight is 354 g/mol. The average Bonchev–Trinajstić information content (AvgIpc) is 2.49. The fourth-order valence-corrected chi connectivity index (χ4v) is 2.85. The number of carbonyl (C=O) groups excluding carboxylic acids is 2. The van der Waals surface area contributed by atoms with Gasteiger partial charge in [0.1, 0.15) is 0 Å². The molecule has 1 aromatic carbocycles. The zero-order valence-corrected chi connectivity index (χ0v) is 15.3. The Bertz CT molecular complexity index is 563. The number of nitrogens with zero attached hydrogens (tertiary/aromatic N) is 1. The van der Waals surface area contributed by atoms with Gasteiger partial charge in [0.2, 0.25) is 11.8 Å². The second-order valence-electron chi connectivity index (χ2n) is 6.70. The maximum absolute atomic E-state index is 12.1. The molecule has 1 fully saturated rings. The standard InChI is InChI=1S/C18H27N3O2.ClH/c1-13(2)10-16(19)18(23)20-15-7-5-6-14(11-15)12-21-9-4-3-8-17(21)22;/h5-7,11,13,16H,3-4,8-10,12,19H2,1-2H3,(H,20,23);1H/t16-;/m0./s1. The number of rotatable bonds is 6. The van der Waals surface area contributed by atoms with Crippen LogP contribution in [0.3, 0.4) is 0 Å². The van der Waals surface area contributed by atoms with Crippen molar-refractivity contribution in [1.29, 1.82) is 0 Å². The predicted molar refractivity (Wildman–Crippen MR) is 99.0 cm³/mol. The van der Waals surface area contributed by atoms with Gasteiger partial charge in [-0.15, -0.1) is 12.4 Å². The number of benzene rings is 1. The number of likely N-dealkylation sites (tertiary alicyclic amines) is 1. The van der Waals surface area contributed by atoms with Crippen LogP contribution >= 0.6 is 12.4 Å². The minimum atomic E-state index is -0.498. The smallest absolute Gasteiger partial charge is 0.241 e. The van der Waals surface area contributed by atoms with E-state index in [2.05, 4.69) is 5.32 Å². The van der Waals surface area contributed by atoms with E-state index < -0.39 is 6.04 Å². The zero-order valence-electron chi connectivity index (χ0n) is 14.5. The summed E-state index contributed by atoms with van der Waals surface area (Å²) in [5.74, 6) is 0.432. The molecule has 2 amide bonds. The van der Waals surface area contributed by atoms with Gasteiger partial charge in [-0.05, 0) is 42.9 Å². The zero-order chi connectivity index (χ0) is 16.8. The molecule has 0 radical (unpaired) electrons. The number of amides is 2. The molecule has 1 heterocycles. The summed E-state index contributed by atoms with van der Waals surface area (Å²) in [6.45, 7) is 5.50. The van der Waals surface area contributed by atoms with Crippen molar-refractivity contribution in [1.82, 2.24) is 4.90 Å². The molecular weight excluding hydrogens is 326 g/mol. The van der Waals surface area contributed by atoms with Gasteiger partial charge < -0.3 is 16.0 Å². The fourth-order valence-electron chi connectivity index (χ4n) is 2.85. The highest BCUT2D eigenvalue weighted by molar-refractivity contribution is 5.94. The Morgan fingerprint density at radius 3 is 2.75 bits per heavy atom. The number of anilines is 1. The first kappa shape index (κ1) is 20.5. The van der Waals surface area contributed by atoms with Gasteiger partial charge in [0.05, 0.1) is 6.04 Å². The molecule has 2 rings (SSSR count).